The van der Waals surface area contributed by atoms with Gasteiger partial charge in [-0.1, -0.05) is 11.6 Å². The van der Waals surface area contributed by atoms with Crippen LogP contribution in [0.25, 0.3) is 11.0 Å². The van der Waals surface area contributed by atoms with Crippen molar-refractivity contribution in [2.45, 2.75) is 19.2 Å². The van der Waals surface area contributed by atoms with Crippen LogP contribution in [-0.2, 0) is 11.0 Å². The first-order valence-corrected chi connectivity index (χ1v) is 8.50. The maximum atomic E-state index is 13.2. The fourth-order valence-corrected chi connectivity index (χ4v) is 2.71. The zero-order chi connectivity index (χ0) is 21.3. The van der Waals surface area contributed by atoms with Crippen LogP contribution >= 0.6 is 11.6 Å². The average Bonchev–Trinajstić information content (AvgIpc) is 2.63. The van der Waals surface area contributed by atoms with Crippen LogP contribution in [0.3, 0.4) is 0 Å². The first-order valence-electron chi connectivity index (χ1n) is 8.12. The van der Waals surface area contributed by atoms with Gasteiger partial charge in [-0.25, -0.2) is 9.18 Å². The third-order valence-electron chi connectivity index (χ3n) is 3.89. The van der Waals surface area contributed by atoms with Crippen LogP contribution in [0.1, 0.15) is 12.5 Å². The quantitative estimate of drug-likeness (QED) is 0.467. The van der Waals surface area contributed by atoms with Crippen molar-refractivity contribution in [1.82, 2.24) is 0 Å². The Hall–Kier alpha value is -3.07. The van der Waals surface area contributed by atoms with Crippen LogP contribution in [0.4, 0.5) is 23.2 Å². The first kappa shape index (κ1) is 20.7. The number of anilines is 1. The fourth-order valence-electron chi connectivity index (χ4n) is 2.53. The minimum Gasteiger partial charge on any atom is -0.481 e. The molecule has 1 atom stereocenters. The van der Waals surface area contributed by atoms with Crippen LogP contribution < -0.4 is 15.7 Å². The second-order valence-electron chi connectivity index (χ2n) is 6.01. The largest absolute Gasteiger partial charge is 0.481 e. The molecule has 0 radical (unpaired) electrons. The van der Waals surface area contributed by atoms with Gasteiger partial charge in [-0.05, 0) is 37.3 Å². The second-order valence-corrected chi connectivity index (χ2v) is 6.42. The fraction of sp³-hybridized carbons (Fsp3) is 0.158. The van der Waals surface area contributed by atoms with Crippen molar-refractivity contribution >= 4 is 34.2 Å². The molecule has 0 saturated carbocycles. The number of amides is 1. The van der Waals surface area contributed by atoms with Crippen molar-refractivity contribution in [3.63, 3.8) is 0 Å². The molecule has 1 heterocycles. The number of nitrogens with one attached hydrogen (secondary N) is 1. The van der Waals surface area contributed by atoms with Gasteiger partial charge in [-0.15, -0.1) is 0 Å². The summed E-state index contributed by atoms with van der Waals surface area (Å²) in [5.41, 5.74) is -2.40. The van der Waals surface area contributed by atoms with Gasteiger partial charge in [0.2, 0.25) is 0 Å². The Balaban J connectivity index is 1.81. The Morgan fingerprint density at radius 2 is 1.90 bits per heavy atom. The number of alkyl halides is 3. The molecule has 0 bridgehead atoms. The summed E-state index contributed by atoms with van der Waals surface area (Å²) < 4.78 is 62.6. The summed E-state index contributed by atoms with van der Waals surface area (Å²) in [5, 5.41) is 1.97. The number of hydrogen-bond donors (Lipinski definition) is 1. The minimum atomic E-state index is -4.74. The lowest BCUT2D eigenvalue weighted by molar-refractivity contribution is -0.136. The van der Waals surface area contributed by atoms with Gasteiger partial charge in [-0.2, -0.15) is 13.2 Å². The Bertz CT molecular complexity index is 1140. The number of hydrogen-bond acceptors (Lipinski definition) is 4. The van der Waals surface area contributed by atoms with Crippen LogP contribution in [0.5, 0.6) is 5.75 Å². The third kappa shape index (κ3) is 4.68. The van der Waals surface area contributed by atoms with E-state index < -0.39 is 35.2 Å². The van der Waals surface area contributed by atoms with Crippen LogP contribution in [-0.4, -0.2) is 12.0 Å². The number of halogens is 5. The number of fused-ring (bicyclic) bond motifs is 1. The number of ether oxygens (including phenoxy) is 1. The summed E-state index contributed by atoms with van der Waals surface area (Å²) in [6, 6.07) is 7.35. The van der Waals surface area contributed by atoms with Gasteiger partial charge >= 0.3 is 11.8 Å². The summed E-state index contributed by atoms with van der Waals surface area (Å²) >= 11 is 5.65. The van der Waals surface area contributed by atoms with E-state index in [1.54, 1.807) is 0 Å². The van der Waals surface area contributed by atoms with Gasteiger partial charge in [0.15, 0.2) is 6.10 Å². The van der Waals surface area contributed by atoms with E-state index in [0.717, 1.165) is 18.2 Å². The van der Waals surface area contributed by atoms with E-state index in [2.05, 4.69) is 5.32 Å². The third-order valence-corrected chi connectivity index (χ3v) is 4.18. The molecule has 5 nitrogen and oxygen atoms in total. The molecule has 3 aromatic rings. The maximum Gasteiger partial charge on any atom is 0.417 e. The van der Waals surface area contributed by atoms with E-state index in [0.29, 0.717) is 6.07 Å². The molecule has 0 saturated heterocycles. The van der Waals surface area contributed by atoms with E-state index in [1.807, 2.05) is 0 Å². The molecule has 0 aliphatic heterocycles. The van der Waals surface area contributed by atoms with Gasteiger partial charge in [0.05, 0.1) is 10.6 Å². The Labute approximate surface area is 165 Å². The lowest BCUT2D eigenvalue weighted by atomic mass is 10.1. The van der Waals surface area contributed by atoms with Gasteiger partial charge in [0, 0.05) is 23.2 Å². The topological polar surface area (TPSA) is 68.5 Å². The molecule has 0 aliphatic carbocycles. The zero-order valence-electron chi connectivity index (χ0n) is 14.6. The zero-order valence-corrected chi connectivity index (χ0v) is 15.4. The number of rotatable bonds is 4. The minimum absolute atomic E-state index is 0.0137. The van der Waals surface area contributed by atoms with Crippen molar-refractivity contribution in [2.75, 3.05) is 5.32 Å². The van der Waals surface area contributed by atoms with E-state index in [1.165, 1.54) is 25.1 Å². The van der Waals surface area contributed by atoms with Crippen molar-refractivity contribution in [1.29, 1.82) is 0 Å². The summed E-state index contributed by atoms with van der Waals surface area (Å²) in [5.74, 6) is -1.25. The molecular formula is C19H12ClF4NO4. The predicted molar refractivity (Wildman–Crippen MR) is 97.6 cm³/mol. The van der Waals surface area contributed by atoms with Gasteiger partial charge < -0.3 is 14.5 Å². The highest BCUT2D eigenvalue weighted by molar-refractivity contribution is 6.31. The molecule has 0 spiro atoms. The van der Waals surface area contributed by atoms with Crippen LogP contribution in [0.2, 0.25) is 5.02 Å². The van der Waals surface area contributed by atoms with Gasteiger partial charge in [-0.3, -0.25) is 4.79 Å². The Kier molecular flexibility index (Phi) is 5.52. The van der Waals surface area contributed by atoms with Crippen molar-refractivity contribution in [3.8, 4) is 5.75 Å². The number of carbonyl (C=O) groups is 1. The average molecular weight is 430 g/mol. The predicted octanol–water partition coefficient (Wildman–Crippen LogP) is 5.01. The maximum absolute atomic E-state index is 13.2. The standard InChI is InChI=1S/C19H12ClF4NO4/c1-9(18(27)25-10-2-5-15(21)14(20)6-10)28-11-3-4-12-13(19(22,23)24)8-17(26)29-16(12)7-11/h2-9H,1H3,(H,25,27). The number of carbonyl (C=O) groups excluding carboxylic acids is 1. The Morgan fingerprint density at radius 3 is 2.55 bits per heavy atom. The molecule has 0 fully saturated rings. The van der Waals surface area contributed by atoms with Gasteiger partial charge in [0.25, 0.3) is 5.91 Å². The molecule has 1 aromatic heterocycles. The van der Waals surface area contributed by atoms with Crippen molar-refractivity contribution in [3.05, 3.63) is 69.3 Å². The van der Waals surface area contributed by atoms with E-state index in [9.17, 15) is 27.2 Å². The molecule has 152 valence electrons. The number of benzene rings is 2. The van der Waals surface area contributed by atoms with Crippen molar-refractivity contribution < 1.29 is 31.5 Å². The summed E-state index contributed by atoms with van der Waals surface area (Å²) in [6.45, 7) is 1.40. The van der Waals surface area contributed by atoms with Crippen LogP contribution in [0, 0.1) is 5.82 Å². The SMILES string of the molecule is CC(Oc1ccc2c(C(F)(F)F)cc(=O)oc2c1)C(=O)Nc1ccc(F)c(Cl)c1. The first-order chi connectivity index (χ1) is 13.5. The second kappa shape index (κ2) is 7.75. The molecule has 2 aromatic carbocycles. The highest BCUT2D eigenvalue weighted by Gasteiger charge is 2.34. The monoisotopic (exact) mass is 429 g/mol. The summed E-state index contributed by atoms with van der Waals surface area (Å²) in [6.07, 6.45) is -5.81. The molecule has 3 rings (SSSR count). The normalized spacial score (nSPS) is 12.6. The lowest BCUT2D eigenvalue weighted by Crippen LogP contribution is -2.30. The van der Waals surface area contributed by atoms with E-state index >= 15 is 0 Å². The summed E-state index contributed by atoms with van der Waals surface area (Å²) in [7, 11) is 0. The van der Waals surface area contributed by atoms with E-state index in [4.69, 9.17) is 20.8 Å². The van der Waals surface area contributed by atoms with Gasteiger partial charge in [0.1, 0.15) is 17.1 Å². The molecule has 10 heteroatoms. The van der Waals surface area contributed by atoms with Crippen LogP contribution in [0.15, 0.2) is 51.7 Å². The van der Waals surface area contributed by atoms with Crippen molar-refractivity contribution in [2.24, 2.45) is 0 Å². The molecule has 1 unspecified atom stereocenters. The smallest absolute Gasteiger partial charge is 0.417 e. The molecular weight excluding hydrogens is 418 g/mol. The van der Waals surface area contributed by atoms with E-state index in [-0.39, 0.29) is 27.4 Å². The highest BCUT2D eigenvalue weighted by atomic mass is 35.5. The highest BCUT2D eigenvalue weighted by Crippen LogP contribution is 2.35. The molecule has 1 N–H and O–H groups in total. The molecule has 29 heavy (non-hydrogen) atoms. The summed E-state index contributed by atoms with van der Waals surface area (Å²) in [4.78, 5) is 23.7. The molecule has 1 amide bonds. The lowest BCUT2D eigenvalue weighted by Gasteiger charge is -2.16. The Morgan fingerprint density at radius 1 is 1.17 bits per heavy atom. The molecule has 0 aliphatic rings.